The van der Waals surface area contributed by atoms with Gasteiger partial charge in [-0.15, -0.1) is 0 Å². The third-order valence-corrected chi connectivity index (χ3v) is 3.08. The fraction of sp³-hybridized carbons (Fsp3) is 0.250. The van der Waals surface area contributed by atoms with Gasteiger partial charge in [-0.1, -0.05) is 12.1 Å². The Labute approximate surface area is 124 Å². The number of aromatic nitrogens is 1. The summed E-state index contributed by atoms with van der Waals surface area (Å²) < 4.78 is 0. The van der Waals surface area contributed by atoms with Crippen molar-refractivity contribution in [3.8, 4) is 0 Å². The van der Waals surface area contributed by atoms with E-state index >= 15 is 0 Å². The molecule has 2 aromatic rings. The topological polar surface area (TPSA) is 71.2 Å². The molecule has 1 aromatic heterocycles. The van der Waals surface area contributed by atoms with Gasteiger partial charge in [-0.25, -0.2) is 4.98 Å². The minimum Gasteiger partial charge on any atom is -0.345 e. The lowest BCUT2D eigenvalue weighted by molar-refractivity contribution is 0.0827. The second kappa shape index (κ2) is 6.85. The van der Waals surface area contributed by atoms with Gasteiger partial charge in [-0.2, -0.15) is 0 Å². The van der Waals surface area contributed by atoms with E-state index in [2.05, 4.69) is 10.3 Å². The molecule has 1 amide bonds. The van der Waals surface area contributed by atoms with E-state index in [-0.39, 0.29) is 5.91 Å². The summed E-state index contributed by atoms with van der Waals surface area (Å²) in [7, 11) is 3.44. The van der Waals surface area contributed by atoms with Crippen LogP contribution in [0.5, 0.6) is 0 Å². The maximum atomic E-state index is 11.8. The van der Waals surface area contributed by atoms with E-state index in [1.165, 1.54) is 10.5 Å². The highest BCUT2D eigenvalue weighted by molar-refractivity contribution is 5.93. The number of nitrogens with two attached hydrogens (primary N) is 1. The van der Waals surface area contributed by atoms with E-state index in [0.29, 0.717) is 17.9 Å². The van der Waals surface area contributed by atoms with Crippen molar-refractivity contribution in [3.63, 3.8) is 0 Å². The quantitative estimate of drug-likeness (QED) is 0.881. The standard InChI is InChI=1S/C16H20N4O/c1-20(2)16(21)13-5-8-15(18-11-13)19-14-6-3-12(4-7-14)9-10-17/h3-8,11H,9-10,17H2,1-2H3,(H,18,19). The van der Waals surface area contributed by atoms with Crippen LogP contribution in [0.25, 0.3) is 0 Å². The lowest BCUT2D eigenvalue weighted by Gasteiger charge is -2.11. The molecule has 0 aliphatic heterocycles. The molecule has 5 nitrogen and oxygen atoms in total. The molecular formula is C16H20N4O. The molecule has 0 radical (unpaired) electrons. The molecule has 2 rings (SSSR count). The first-order valence-corrected chi connectivity index (χ1v) is 6.84. The van der Waals surface area contributed by atoms with Crippen LogP contribution in [0, 0.1) is 0 Å². The second-order valence-corrected chi connectivity index (χ2v) is 4.99. The summed E-state index contributed by atoms with van der Waals surface area (Å²) in [4.78, 5) is 17.6. The number of amides is 1. The number of anilines is 2. The highest BCUT2D eigenvalue weighted by Gasteiger charge is 2.07. The summed E-state index contributed by atoms with van der Waals surface area (Å²) >= 11 is 0. The third kappa shape index (κ3) is 4.03. The first-order valence-electron chi connectivity index (χ1n) is 6.84. The number of rotatable bonds is 5. The summed E-state index contributed by atoms with van der Waals surface area (Å²) in [5.41, 5.74) is 8.26. The molecule has 0 fully saturated rings. The van der Waals surface area contributed by atoms with Gasteiger partial charge in [0.2, 0.25) is 0 Å². The fourth-order valence-electron chi connectivity index (χ4n) is 1.92. The molecule has 0 atom stereocenters. The van der Waals surface area contributed by atoms with E-state index in [4.69, 9.17) is 5.73 Å². The molecule has 5 heteroatoms. The fourth-order valence-corrected chi connectivity index (χ4v) is 1.92. The first-order chi connectivity index (χ1) is 10.1. The van der Waals surface area contributed by atoms with Crippen molar-refractivity contribution in [2.45, 2.75) is 6.42 Å². The summed E-state index contributed by atoms with van der Waals surface area (Å²) in [6, 6.07) is 11.6. The molecule has 21 heavy (non-hydrogen) atoms. The van der Waals surface area contributed by atoms with Crippen molar-refractivity contribution in [2.24, 2.45) is 5.73 Å². The second-order valence-electron chi connectivity index (χ2n) is 4.99. The molecular weight excluding hydrogens is 264 g/mol. The molecule has 0 aliphatic carbocycles. The number of nitrogens with zero attached hydrogens (tertiary/aromatic N) is 2. The molecule has 1 aromatic carbocycles. The van der Waals surface area contributed by atoms with Crippen molar-refractivity contribution in [3.05, 3.63) is 53.7 Å². The molecule has 0 aliphatic rings. The van der Waals surface area contributed by atoms with Crippen LogP contribution in [-0.4, -0.2) is 36.4 Å². The maximum absolute atomic E-state index is 11.8. The smallest absolute Gasteiger partial charge is 0.254 e. The predicted octanol–water partition coefficient (Wildman–Crippen LogP) is 2.03. The van der Waals surface area contributed by atoms with E-state index in [9.17, 15) is 4.79 Å². The lowest BCUT2D eigenvalue weighted by Crippen LogP contribution is -2.21. The van der Waals surface area contributed by atoms with Crippen molar-refractivity contribution < 1.29 is 4.79 Å². The van der Waals surface area contributed by atoms with Crippen molar-refractivity contribution >= 4 is 17.4 Å². The lowest BCUT2D eigenvalue weighted by atomic mass is 10.1. The minimum absolute atomic E-state index is 0.0554. The van der Waals surface area contributed by atoms with Gasteiger partial charge in [0, 0.05) is 26.0 Å². The Hall–Kier alpha value is -2.40. The number of carbonyl (C=O) groups excluding carboxylic acids is 1. The highest BCUT2D eigenvalue weighted by atomic mass is 16.2. The van der Waals surface area contributed by atoms with E-state index in [1.807, 2.05) is 24.3 Å². The van der Waals surface area contributed by atoms with Gasteiger partial charge in [0.1, 0.15) is 5.82 Å². The molecule has 110 valence electrons. The number of carbonyl (C=O) groups is 1. The van der Waals surface area contributed by atoms with Gasteiger partial charge in [-0.3, -0.25) is 4.79 Å². The summed E-state index contributed by atoms with van der Waals surface area (Å²) in [6.45, 7) is 0.649. The Morgan fingerprint density at radius 2 is 1.90 bits per heavy atom. The molecule has 1 heterocycles. The van der Waals surface area contributed by atoms with Gasteiger partial charge in [0.05, 0.1) is 5.56 Å². The van der Waals surface area contributed by atoms with Gasteiger partial charge in [0.15, 0.2) is 0 Å². The van der Waals surface area contributed by atoms with Crippen LogP contribution in [0.2, 0.25) is 0 Å². The zero-order chi connectivity index (χ0) is 15.2. The SMILES string of the molecule is CN(C)C(=O)c1ccc(Nc2ccc(CCN)cc2)nc1. The van der Waals surface area contributed by atoms with Crippen LogP contribution in [0.1, 0.15) is 15.9 Å². The molecule has 0 saturated heterocycles. The summed E-state index contributed by atoms with van der Waals surface area (Å²) in [6.07, 6.45) is 2.45. The largest absolute Gasteiger partial charge is 0.345 e. The van der Waals surface area contributed by atoms with Crippen molar-refractivity contribution in [1.29, 1.82) is 0 Å². The number of nitrogens with one attached hydrogen (secondary N) is 1. The third-order valence-electron chi connectivity index (χ3n) is 3.08. The van der Waals surface area contributed by atoms with Crippen LogP contribution in [0.4, 0.5) is 11.5 Å². The Morgan fingerprint density at radius 1 is 1.19 bits per heavy atom. The van der Waals surface area contributed by atoms with E-state index in [0.717, 1.165) is 12.1 Å². The van der Waals surface area contributed by atoms with E-state index in [1.54, 1.807) is 32.4 Å². The van der Waals surface area contributed by atoms with Crippen LogP contribution in [0.3, 0.4) is 0 Å². The Kier molecular flexibility index (Phi) is 4.90. The Bertz CT molecular complexity index is 591. The number of hydrogen-bond donors (Lipinski definition) is 2. The Morgan fingerprint density at radius 3 is 2.43 bits per heavy atom. The number of pyridine rings is 1. The highest BCUT2D eigenvalue weighted by Crippen LogP contribution is 2.16. The van der Waals surface area contributed by atoms with Crippen molar-refractivity contribution in [2.75, 3.05) is 26.0 Å². The molecule has 0 bridgehead atoms. The van der Waals surface area contributed by atoms with Gasteiger partial charge in [0.25, 0.3) is 5.91 Å². The monoisotopic (exact) mass is 284 g/mol. The van der Waals surface area contributed by atoms with Crippen LogP contribution in [0.15, 0.2) is 42.6 Å². The predicted molar refractivity (Wildman–Crippen MR) is 84.7 cm³/mol. The Balaban J connectivity index is 2.04. The average Bonchev–Trinajstić information content (AvgIpc) is 2.49. The van der Waals surface area contributed by atoms with Gasteiger partial charge >= 0.3 is 0 Å². The van der Waals surface area contributed by atoms with Gasteiger partial charge < -0.3 is 16.0 Å². The molecule has 0 spiro atoms. The average molecular weight is 284 g/mol. The normalized spacial score (nSPS) is 10.2. The van der Waals surface area contributed by atoms with Crippen LogP contribution >= 0.6 is 0 Å². The molecule has 3 N–H and O–H groups in total. The van der Waals surface area contributed by atoms with Crippen LogP contribution < -0.4 is 11.1 Å². The zero-order valence-corrected chi connectivity index (χ0v) is 12.3. The van der Waals surface area contributed by atoms with Gasteiger partial charge in [-0.05, 0) is 42.8 Å². The van der Waals surface area contributed by atoms with Crippen LogP contribution in [-0.2, 0) is 6.42 Å². The first kappa shape index (κ1) is 15.0. The summed E-state index contributed by atoms with van der Waals surface area (Å²) in [5, 5.41) is 3.20. The maximum Gasteiger partial charge on any atom is 0.254 e. The summed E-state index contributed by atoms with van der Waals surface area (Å²) in [5.74, 6) is 0.650. The molecule has 0 saturated carbocycles. The number of benzene rings is 1. The number of hydrogen-bond acceptors (Lipinski definition) is 4. The zero-order valence-electron chi connectivity index (χ0n) is 12.3. The molecule has 0 unspecified atom stereocenters. The van der Waals surface area contributed by atoms with Crippen molar-refractivity contribution in [1.82, 2.24) is 9.88 Å². The van der Waals surface area contributed by atoms with E-state index < -0.39 is 0 Å². The minimum atomic E-state index is -0.0554.